The van der Waals surface area contributed by atoms with E-state index in [1.54, 1.807) is 6.20 Å². The Morgan fingerprint density at radius 1 is 1.56 bits per heavy atom. The number of nitrogens with two attached hydrogens (primary N) is 1. The van der Waals surface area contributed by atoms with Gasteiger partial charge >= 0.3 is 0 Å². The third-order valence-corrected chi connectivity index (χ3v) is 2.56. The van der Waals surface area contributed by atoms with E-state index in [9.17, 15) is 0 Å². The van der Waals surface area contributed by atoms with Crippen LogP contribution in [0.5, 0.6) is 0 Å². The number of aromatic nitrogens is 1. The largest absolute Gasteiger partial charge is 0.397 e. The van der Waals surface area contributed by atoms with Crippen molar-refractivity contribution < 1.29 is 4.74 Å². The molecule has 1 unspecified atom stereocenters. The fraction of sp³-hybridized carbons (Fsp3) is 0.545. The predicted molar refractivity (Wildman–Crippen MR) is 64.4 cm³/mol. The quantitative estimate of drug-likeness (QED) is 0.690. The molecule has 1 aromatic rings. The van der Waals surface area contributed by atoms with Crippen LogP contribution < -0.4 is 16.4 Å². The summed E-state index contributed by atoms with van der Waals surface area (Å²) in [6.45, 7) is 3.58. The van der Waals surface area contributed by atoms with Crippen molar-refractivity contribution in [2.24, 2.45) is 0 Å². The Hall–Kier alpha value is -1.33. The Balaban J connectivity index is 1.69. The standard InChI is InChI=1S/C11H18N4O/c12-9-1-2-11(15-7-9)14-4-3-10-8-13-5-6-16-10/h1-2,7,10,13H,3-6,8,12H2,(H,14,15). The molecule has 0 radical (unpaired) electrons. The number of anilines is 2. The number of pyridine rings is 1. The number of nitrogen functional groups attached to an aromatic ring is 1. The Kier molecular flexibility index (Phi) is 3.96. The van der Waals surface area contributed by atoms with Gasteiger partial charge in [-0.1, -0.05) is 0 Å². The topological polar surface area (TPSA) is 72.2 Å². The normalized spacial score (nSPS) is 20.6. The van der Waals surface area contributed by atoms with Gasteiger partial charge in [0.2, 0.25) is 0 Å². The van der Waals surface area contributed by atoms with E-state index in [2.05, 4.69) is 15.6 Å². The summed E-state index contributed by atoms with van der Waals surface area (Å²) in [5.74, 6) is 0.859. The first-order chi connectivity index (χ1) is 7.84. The minimum atomic E-state index is 0.315. The van der Waals surface area contributed by atoms with Crippen molar-refractivity contribution in [3.63, 3.8) is 0 Å². The number of hydrogen-bond donors (Lipinski definition) is 3. The van der Waals surface area contributed by atoms with E-state index in [1.807, 2.05) is 12.1 Å². The van der Waals surface area contributed by atoms with Crippen LogP contribution in [-0.2, 0) is 4.74 Å². The van der Waals surface area contributed by atoms with Gasteiger partial charge < -0.3 is 21.1 Å². The lowest BCUT2D eigenvalue weighted by Crippen LogP contribution is -2.39. The molecule has 4 N–H and O–H groups in total. The Labute approximate surface area is 95.4 Å². The Bertz CT molecular complexity index is 308. The number of rotatable bonds is 4. The molecule has 1 fully saturated rings. The predicted octanol–water partition coefficient (Wildman–Crippen LogP) is 0.454. The second kappa shape index (κ2) is 5.67. The molecule has 16 heavy (non-hydrogen) atoms. The van der Waals surface area contributed by atoms with E-state index in [0.29, 0.717) is 11.8 Å². The summed E-state index contributed by atoms with van der Waals surface area (Å²) in [6, 6.07) is 3.73. The lowest BCUT2D eigenvalue weighted by molar-refractivity contribution is 0.0258. The fourth-order valence-corrected chi connectivity index (χ4v) is 1.68. The molecule has 1 aliphatic rings. The van der Waals surface area contributed by atoms with Crippen molar-refractivity contribution in [3.05, 3.63) is 18.3 Å². The van der Waals surface area contributed by atoms with Crippen LogP contribution in [0.15, 0.2) is 18.3 Å². The van der Waals surface area contributed by atoms with Gasteiger partial charge in [-0.25, -0.2) is 4.98 Å². The molecule has 1 saturated heterocycles. The second-order valence-electron chi connectivity index (χ2n) is 3.89. The first kappa shape index (κ1) is 11.2. The van der Waals surface area contributed by atoms with E-state index < -0.39 is 0 Å². The van der Waals surface area contributed by atoms with Gasteiger partial charge in [-0.15, -0.1) is 0 Å². The van der Waals surface area contributed by atoms with Crippen LogP contribution in [0.25, 0.3) is 0 Å². The zero-order valence-electron chi connectivity index (χ0n) is 9.28. The number of nitrogens with one attached hydrogen (secondary N) is 2. The maximum Gasteiger partial charge on any atom is 0.126 e. The maximum atomic E-state index is 5.59. The molecule has 0 amide bonds. The zero-order chi connectivity index (χ0) is 11.2. The molecular weight excluding hydrogens is 204 g/mol. The maximum absolute atomic E-state index is 5.59. The van der Waals surface area contributed by atoms with Crippen LogP contribution in [0.3, 0.4) is 0 Å². The van der Waals surface area contributed by atoms with Crippen LogP contribution in [0.1, 0.15) is 6.42 Å². The third-order valence-electron chi connectivity index (χ3n) is 2.56. The van der Waals surface area contributed by atoms with E-state index in [1.165, 1.54) is 0 Å². The first-order valence-corrected chi connectivity index (χ1v) is 5.62. The molecule has 5 nitrogen and oxygen atoms in total. The van der Waals surface area contributed by atoms with Crippen molar-refractivity contribution >= 4 is 11.5 Å². The van der Waals surface area contributed by atoms with Gasteiger partial charge in [0.25, 0.3) is 0 Å². The molecule has 2 rings (SSSR count). The molecular formula is C11H18N4O. The monoisotopic (exact) mass is 222 g/mol. The minimum Gasteiger partial charge on any atom is -0.397 e. The van der Waals surface area contributed by atoms with Crippen molar-refractivity contribution in [1.29, 1.82) is 0 Å². The highest BCUT2D eigenvalue weighted by Crippen LogP contribution is 2.07. The van der Waals surface area contributed by atoms with Crippen LogP contribution in [0.4, 0.5) is 11.5 Å². The summed E-state index contributed by atoms with van der Waals surface area (Å²) in [4.78, 5) is 4.17. The van der Waals surface area contributed by atoms with Gasteiger partial charge in [0, 0.05) is 19.6 Å². The lowest BCUT2D eigenvalue weighted by Gasteiger charge is -2.23. The van der Waals surface area contributed by atoms with Gasteiger partial charge in [-0.3, -0.25) is 0 Å². The summed E-state index contributed by atoms with van der Waals surface area (Å²) in [5.41, 5.74) is 6.24. The highest BCUT2D eigenvalue weighted by molar-refractivity contribution is 5.43. The van der Waals surface area contributed by atoms with Gasteiger partial charge in [0.15, 0.2) is 0 Å². The zero-order valence-corrected chi connectivity index (χ0v) is 9.28. The summed E-state index contributed by atoms with van der Waals surface area (Å²) >= 11 is 0. The van der Waals surface area contributed by atoms with Crippen molar-refractivity contribution in [3.8, 4) is 0 Å². The summed E-state index contributed by atoms with van der Waals surface area (Å²) in [6.07, 6.45) is 2.95. The van der Waals surface area contributed by atoms with Crippen molar-refractivity contribution in [1.82, 2.24) is 10.3 Å². The van der Waals surface area contributed by atoms with E-state index in [4.69, 9.17) is 10.5 Å². The number of morpholine rings is 1. The SMILES string of the molecule is Nc1ccc(NCCC2CNCCO2)nc1. The molecule has 0 spiro atoms. The van der Waals surface area contributed by atoms with Crippen LogP contribution in [0, 0.1) is 0 Å². The first-order valence-electron chi connectivity index (χ1n) is 5.62. The molecule has 1 aliphatic heterocycles. The van der Waals surface area contributed by atoms with E-state index >= 15 is 0 Å². The fourth-order valence-electron chi connectivity index (χ4n) is 1.68. The number of nitrogens with zero attached hydrogens (tertiary/aromatic N) is 1. The lowest BCUT2D eigenvalue weighted by atomic mass is 10.2. The van der Waals surface area contributed by atoms with Gasteiger partial charge in [0.05, 0.1) is 24.6 Å². The minimum absolute atomic E-state index is 0.315. The molecule has 0 aromatic carbocycles. The molecule has 0 aliphatic carbocycles. The van der Waals surface area contributed by atoms with Gasteiger partial charge in [-0.2, -0.15) is 0 Å². The average Bonchev–Trinajstić information content (AvgIpc) is 2.33. The smallest absolute Gasteiger partial charge is 0.126 e. The molecule has 2 heterocycles. The molecule has 0 bridgehead atoms. The van der Waals surface area contributed by atoms with Gasteiger partial charge in [-0.05, 0) is 18.6 Å². The molecule has 1 aromatic heterocycles. The molecule has 88 valence electrons. The average molecular weight is 222 g/mol. The van der Waals surface area contributed by atoms with Crippen LogP contribution in [0.2, 0.25) is 0 Å². The second-order valence-corrected chi connectivity index (χ2v) is 3.89. The van der Waals surface area contributed by atoms with Gasteiger partial charge in [0.1, 0.15) is 5.82 Å². The van der Waals surface area contributed by atoms with Crippen LogP contribution >= 0.6 is 0 Å². The summed E-state index contributed by atoms with van der Waals surface area (Å²) in [7, 11) is 0. The van der Waals surface area contributed by atoms with Crippen LogP contribution in [-0.4, -0.2) is 37.3 Å². The van der Waals surface area contributed by atoms with E-state index in [-0.39, 0.29) is 0 Å². The van der Waals surface area contributed by atoms with Crippen molar-refractivity contribution in [2.45, 2.75) is 12.5 Å². The number of ether oxygens (including phenoxy) is 1. The molecule has 5 heteroatoms. The molecule has 0 saturated carbocycles. The Morgan fingerprint density at radius 3 is 3.19 bits per heavy atom. The molecule has 1 atom stereocenters. The highest BCUT2D eigenvalue weighted by Gasteiger charge is 2.12. The third kappa shape index (κ3) is 3.36. The highest BCUT2D eigenvalue weighted by atomic mass is 16.5. The summed E-state index contributed by atoms with van der Waals surface area (Å²) in [5, 5.41) is 6.55. The van der Waals surface area contributed by atoms with Crippen molar-refractivity contribution in [2.75, 3.05) is 37.3 Å². The Morgan fingerprint density at radius 2 is 2.50 bits per heavy atom. The number of hydrogen-bond acceptors (Lipinski definition) is 5. The van der Waals surface area contributed by atoms with E-state index in [0.717, 1.165) is 38.5 Å². The summed E-state index contributed by atoms with van der Waals surface area (Å²) < 4.78 is 5.59.